The molecule has 0 N–H and O–H groups in total. The SMILES string of the molecule is O=C(c1cccc(C(F)(F)F)c1)N1Cc2cncnc2C1. The first-order valence-electron chi connectivity index (χ1n) is 6.19. The zero-order valence-corrected chi connectivity index (χ0v) is 10.8. The van der Waals surface area contributed by atoms with Gasteiger partial charge in [0.05, 0.1) is 17.8 Å². The molecule has 4 nitrogen and oxygen atoms in total. The summed E-state index contributed by atoms with van der Waals surface area (Å²) >= 11 is 0. The van der Waals surface area contributed by atoms with E-state index in [-0.39, 0.29) is 12.1 Å². The van der Waals surface area contributed by atoms with Crippen LogP contribution in [-0.2, 0) is 19.3 Å². The molecule has 0 saturated carbocycles. The monoisotopic (exact) mass is 293 g/mol. The Morgan fingerprint density at radius 2 is 2.05 bits per heavy atom. The average Bonchev–Trinajstić information content (AvgIpc) is 2.89. The highest BCUT2D eigenvalue weighted by Gasteiger charge is 2.32. The van der Waals surface area contributed by atoms with Crippen molar-refractivity contribution in [2.75, 3.05) is 0 Å². The molecule has 0 bridgehead atoms. The molecule has 21 heavy (non-hydrogen) atoms. The Hall–Kier alpha value is -2.44. The van der Waals surface area contributed by atoms with E-state index in [1.807, 2.05) is 0 Å². The first kappa shape index (κ1) is 13.5. The van der Waals surface area contributed by atoms with Crippen LogP contribution in [0.4, 0.5) is 13.2 Å². The molecule has 1 amide bonds. The molecule has 0 fully saturated rings. The van der Waals surface area contributed by atoms with Gasteiger partial charge in [-0.3, -0.25) is 4.79 Å². The number of carbonyl (C=O) groups is 1. The van der Waals surface area contributed by atoms with Crippen molar-refractivity contribution in [2.45, 2.75) is 19.3 Å². The molecule has 1 aliphatic rings. The number of amides is 1. The zero-order chi connectivity index (χ0) is 15.0. The number of carbonyl (C=O) groups excluding carboxylic acids is 1. The van der Waals surface area contributed by atoms with E-state index in [1.165, 1.54) is 23.4 Å². The van der Waals surface area contributed by atoms with Crippen LogP contribution in [0.3, 0.4) is 0 Å². The van der Waals surface area contributed by atoms with Crippen molar-refractivity contribution in [2.24, 2.45) is 0 Å². The van der Waals surface area contributed by atoms with E-state index >= 15 is 0 Å². The summed E-state index contributed by atoms with van der Waals surface area (Å²) in [6, 6.07) is 4.43. The van der Waals surface area contributed by atoms with Gasteiger partial charge >= 0.3 is 6.18 Å². The Morgan fingerprint density at radius 3 is 2.76 bits per heavy atom. The number of fused-ring (bicyclic) bond motifs is 1. The van der Waals surface area contributed by atoms with Gasteiger partial charge in [0.25, 0.3) is 5.91 Å². The van der Waals surface area contributed by atoms with E-state index in [4.69, 9.17) is 0 Å². The number of nitrogens with zero attached hydrogens (tertiary/aromatic N) is 3. The van der Waals surface area contributed by atoms with Crippen molar-refractivity contribution >= 4 is 5.91 Å². The minimum Gasteiger partial charge on any atom is -0.328 e. The number of alkyl halides is 3. The highest BCUT2D eigenvalue weighted by molar-refractivity contribution is 5.94. The van der Waals surface area contributed by atoms with E-state index in [2.05, 4.69) is 9.97 Å². The lowest BCUT2D eigenvalue weighted by atomic mass is 10.1. The fourth-order valence-electron chi connectivity index (χ4n) is 2.26. The van der Waals surface area contributed by atoms with Gasteiger partial charge in [0, 0.05) is 23.9 Å². The molecule has 7 heteroatoms. The van der Waals surface area contributed by atoms with Gasteiger partial charge in [0.2, 0.25) is 0 Å². The molecule has 0 saturated heterocycles. The first-order valence-corrected chi connectivity index (χ1v) is 6.19. The molecule has 0 radical (unpaired) electrons. The highest BCUT2D eigenvalue weighted by atomic mass is 19.4. The van der Waals surface area contributed by atoms with Crippen LogP contribution in [0, 0.1) is 0 Å². The molecular formula is C14H10F3N3O. The molecule has 108 valence electrons. The second-order valence-corrected chi connectivity index (χ2v) is 4.73. The van der Waals surface area contributed by atoms with Crippen molar-refractivity contribution in [1.29, 1.82) is 0 Å². The maximum Gasteiger partial charge on any atom is 0.416 e. The molecule has 0 unspecified atom stereocenters. The Kier molecular flexibility index (Phi) is 3.12. The van der Waals surface area contributed by atoms with Crippen LogP contribution < -0.4 is 0 Å². The number of hydrogen-bond donors (Lipinski definition) is 0. The van der Waals surface area contributed by atoms with Crippen LogP contribution in [0.15, 0.2) is 36.8 Å². The fourth-order valence-corrected chi connectivity index (χ4v) is 2.26. The minimum absolute atomic E-state index is 0.0191. The summed E-state index contributed by atoms with van der Waals surface area (Å²) in [4.78, 5) is 21.7. The minimum atomic E-state index is -4.46. The van der Waals surface area contributed by atoms with E-state index in [9.17, 15) is 18.0 Å². The van der Waals surface area contributed by atoms with E-state index < -0.39 is 17.6 Å². The Bertz CT molecular complexity index is 675. The van der Waals surface area contributed by atoms with Gasteiger partial charge in [-0.25, -0.2) is 9.97 Å². The smallest absolute Gasteiger partial charge is 0.328 e. The van der Waals surface area contributed by atoms with E-state index in [0.717, 1.165) is 23.4 Å². The third-order valence-electron chi connectivity index (χ3n) is 3.31. The molecule has 2 heterocycles. The van der Waals surface area contributed by atoms with Crippen LogP contribution in [0.1, 0.15) is 27.2 Å². The lowest BCUT2D eigenvalue weighted by Crippen LogP contribution is -2.25. The van der Waals surface area contributed by atoms with Gasteiger partial charge in [-0.15, -0.1) is 0 Å². The molecule has 1 aliphatic heterocycles. The van der Waals surface area contributed by atoms with Gasteiger partial charge in [-0.05, 0) is 18.2 Å². The van der Waals surface area contributed by atoms with E-state index in [1.54, 1.807) is 6.20 Å². The van der Waals surface area contributed by atoms with Crippen molar-refractivity contribution in [1.82, 2.24) is 14.9 Å². The van der Waals surface area contributed by atoms with Gasteiger partial charge in [-0.1, -0.05) is 6.07 Å². The summed E-state index contributed by atoms with van der Waals surface area (Å²) < 4.78 is 38.0. The molecule has 1 aromatic carbocycles. The molecular weight excluding hydrogens is 283 g/mol. The van der Waals surface area contributed by atoms with Gasteiger partial charge < -0.3 is 4.90 Å². The summed E-state index contributed by atoms with van der Waals surface area (Å²) in [6.45, 7) is 0.595. The fraction of sp³-hybridized carbons (Fsp3) is 0.214. The Labute approximate surface area is 118 Å². The van der Waals surface area contributed by atoms with Gasteiger partial charge in [0.15, 0.2) is 0 Å². The topological polar surface area (TPSA) is 46.1 Å². The summed E-state index contributed by atoms with van der Waals surface area (Å²) in [5.74, 6) is -0.445. The lowest BCUT2D eigenvalue weighted by Gasteiger charge is -2.16. The lowest BCUT2D eigenvalue weighted by molar-refractivity contribution is -0.137. The maximum atomic E-state index is 12.7. The Balaban J connectivity index is 1.85. The van der Waals surface area contributed by atoms with Gasteiger partial charge in [-0.2, -0.15) is 13.2 Å². The van der Waals surface area contributed by atoms with Gasteiger partial charge in [0.1, 0.15) is 6.33 Å². The molecule has 3 rings (SSSR count). The summed E-state index contributed by atoms with van der Waals surface area (Å²) in [7, 11) is 0. The van der Waals surface area contributed by atoms with Crippen LogP contribution in [0.5, 0.6) is 0 Å². The van der Waals surface area contributed by atoms with Crippen LogP contribution in [-0.4, -0.2) is 20.8 Å². The largest absolute Gasteiger partial charge is 0.416 e. The second-order valence-electron chi connectivity index (χ2n) is 4.73. The number of benzene rings is 1. The third kappa shape index (κ3) is 2.58. The number of aromatic nitrogens is 2. The Morgan fingerprint density at radius 1 is 1.24 bits per heavy atom. The second kappa shape index (κ2) is 4.83. The standard InChI is InChI=1S/C14H10F3N3O/c15-14(16,17)11-3-1-2-9(4-11)13(21)20-6-10-5-18-8-19-12(10)7-20/h1-5,8H,6-7H2. The first-order chi connectivity index (χ1) is 9.95. The molecule has 0 aliphatic carbocycles. The van der Waals surface area contributed by atoms with E-state index in [0.29, 0.717) is 6.54 Å². The van der Waals surface area contributed by atoms with Crippen molar-refractivity contribution in [3.63, 3.8) is 0 Å². The number of halogens is 3. The number of rotatable bonds is 1. The zero-order valence-electron chi connectivity index (χ0n) is 10.8. The predicted octanol–water partition coefficient (Wildman–Crippen LogP) is 2.65. The highest BCUT2D eigenvalue weighted by Crippen LogP contribution is 2.30. The molecule has 0 spiro atoms. The van der Waals surface area contributed by atoms with Crippen LogP contribution >= 0.6 is 0 Å². The average molecular weight is 293 g/mol. The summed E-state index contributed by atoms with van der Waals surface area (Å²) in [5.41, 5.74) is 0.735. The normalized spacial score (nSPS) is 14.1. The quantitative estimate of drug-likeness (QED) is 0.812. The summed E-state index contributed by atoms with van der Waals surface area (Å²) in [6.07, 6.45) is -1.46. The van der Waals surface area contributed by atoms with Crippen LogP contribution in [0.2, 0.25) is 0 Å². The third-order valence-corrected chi connectivity index (χ3v) is 3.31. The van der Waals surface area contributed by atoms with Crippen LogP contribution in [0.25, 0.3) is 0 Å². The van der Waals surface area contributed by atoms with Crippen molar-refractivity contribution in [3.8, 4) is 0 Å². The van der Waals surface area contributed by atoms with Crippen molar-refractivity contribution in [3.05, 3.63) is 59.2 Å². The number of hydrogen-bond acceptors (Lipinski definition) is 3. The summed E-state index contributed by atoms with van der Waals surface area (Å²) in [5, 5.41) is 0. The molecule has 2 aromatic rings. The maximum absolute atomic E-state index is 12.7. The molecule has 1 aromatic heterocycles. The molecule has 0 atom stereocenters. The van der Waals surface area contributed by atoms with Crippen molar-refractivity contribution < 1.29 is 18.0 Å². The predicted molar refractivity (Wildman–Crippen MR) is 67.1 cm³/mol.